The van der Waals surface area contributed by atoms with Crippen LogP contribution >= 0.6 is 11.3 Å². The Morgan fingerprint density at radius 1 is 1.45 bits per heavy atom. The minimum atomic E-state index is 0.711. The summed E-state index contributed by atoms with van der Waals surface area (Å²) in [5.41, 5.74) is 0. The van der Waals surface area contributed by atoms with E-state index in [1.54, 1.807) is 11.3 Å². The largest absolute Gasteiger partial charge is 0.293 e. The quantitative estimate of drug-likeness (QED) is 0.919. The van der Waals surface area contributed by atoms with Crippen LogP contribution in [0.5, 0.6) is 0 Å². The SMILES string of the molecule is CCC1CCCCN1Cc1n[nH]c(Cc2cccs2)n1. The van der Waals surface area contributed by atoms with E-state index in [-0.39, 0.29) is 0 Å². The topological polar surface area (TPSA) is 44.8 Å². The second-order valence-corrected chi connectivity index (χ2v) is 6.52. The molecule has 3 rings (SSSR count). The first-order valence-electron chi connectivity index (χ1n) is 7.51. The number of nitrogens with zero attached hydrogens (tertiary/aromatic N) is 3. The summed E-state index contributed by atoms with van der Waals surface area (Å²) in [6.07, 6.45) is 6.09. The summed E-state index contributed by atoms with van der Waals surface area (Å²) in [5.74, 6) is 1.92. The Labute approximate surface area is 124 Å². The highest BCUT2D eigenvalue weighted by Crippen LogP contribution is 2.21. The highest BCUT2D eigenvalue weighted by molar-refractivity contribution is 7.09. The van der Waals surface area contributed by atoms with Crippen LogP contribution in [0, 0.1) is 0 Å². The smallest absolute Gasteiger partial charge is 0.164 e. The molecule has 108 valence electrons. The van der Waals surface area contributed by atoms with Crippen molar-refractivity contribution in [3.05, 3.63) is 34.0 Å². The van der Waals surface area contributed by atoms with E-state index in [9.17, 15) is 0 Å². The van der Waals surface area contributed by atoms with Crippen molar-refractivity contribution in [2.75, 3.05) is 6.54 Å². The fourth-order valence-corrected chi connectivity index (χ4v) is 3.68. The number of hydrogen-bond donors (Lipinski definition) is 1. The Morgan fingerprint density at radius 2 is 2.40 bits per heavy atom. The maximum Gasteiger partial charge on any atom is 0.164 e. The van der Waals surface area contributed by atoms with E-state index < -0.39 is 0 Å². The number of thiophene rings is 1. The Morgan fingerprint density at radius 3 is 3.20 bits per heavy atom. The summed E-state index contributed by atoms with van der Waals surface area (Å²) < 4.78 is 0. The van der Waals surface area contributed by atoms with Gasteiger partial charge in [-0.3, -0.25) is 10.00 Å². The molecule has 0 aliphatic carbocycles. The third-order valence-electron chi connectivity index (χ3n) is 4.06. The van der Waals surface area contributed by atoms with Gasteiger partial charge in [0, 0.05) is 17.3 Å². The van der Waals surface area contributed by atoms with Crippen LogP contribution < -0.4 is 0 Å². The van der Waals surface area contributed by atoms with Gasteiger partial charge in [-0.2, -0.15) is 5.10 Å². The standard InChI is InChI=1S/C15H22N4S/c1-2-12-6-3-4-8-19(12)11-15-16-14(17-18-15)10-13-7-5-9-20-13/h5,7,9,12H,2-4,6,8,10-11H2,1H3,(H,16,17,18). The van der Waals surface area contributed by atoms with E-state index in [1.807, 2.05) is 0 Å². The van der Waals surface area contributed by atoms with Crippen LogP contribution in [0.15, 0.2) is 17.5 Å². The monoisotopic (exact) mass is 290 g/mol. The third kappa shape index (κ3) is 3.27. The van der Waals surface area contributed by atoms with Crippen molar-refractivity contribution in [1.29, 1.82) is 0 Å². The average Bonchev–Trinajstić information content (AvgIpc) is 3.12. The molecule has 0 amide bonds. The second kappa shape index (κ2) is 6.50. The summed E-state index contributed by atoms with van der Waals surface area (Å²) >= 11 is 1.77. The lowest BCUT2D eigenvalue weighted by molar-refractivity contribution is 0.133. The highest BCUT2D eigenvalue weighted by Gasteiger charge is 2.22. The van der Waals surface area contributed by atoms with Crippen LogP contribution in [0.3, 0.4) is 0 Å². The molecule has 5 heteroatoms. The molecule has 0 bridgehead atoms. The lowest BCUT2D eigenvalue weighted by Crippen LogP contribution is -2.38. The van der Waals surface area contributed by atoms with Gasteiger partial charge >= 0.3 is 0 Å². The third-order valence-corrected chi connectivity index (χ3v) is 4.94. The molecule has 2 aromatic rings. The molecule has 1 aliphatic rings. The Kier molecular flexibility index (Phi) is 4.47. The number of hydrogen-bond acceptors (Lipinski definition) is 4. The van der Waals surface area contributed by atoms with Gasteiger partial charge < -0.3 is 0 Å². The van der Waals surface area contributed by atoms with Crippen LogP contribution in [0.2, 0.25) is 0 Å². The van der Waals surface area contributed by atoms with Crippen LogP contribution in [0.25, 0.3) is 0 Å². The molecule has 0 aromatic carbocycles. The van der Waals surface area contributed by atoms with Gasteiger partial charge in [-0.15, -0.1) is 11.3 Å². The molecule has 4 nitrogen and oxygen atoms in total. The first-order valence-corrected chi connectivity index (χ1v) is 8.39. The zero-order valence-corrected chi connectivity index (χ0v) is 12.8. The minimum Gasteiger partial charge on any atom is -0.293 e. The number of likely N-dealkylation sites (tertiary alicyclic amines) is 1. The maximum atomic E-state index is 4.65. The molecule has 2 aromatic heterocycles. The molecule has 20 heavy (non-hydrogen) atoms. The number of nitrogens with one attached hydrogen (secondary N) is 1. The van der Waals surface area contributed by atoms with E-state index in [0.717, 1.165) is 24.6 Å². The van der Waals surface area contributed by atoms with Crippen molar-refractivity contribution in [2.24, 2.45) is 0 Å². The van der Waals surface area contributed by atoms with Crippen molar-refractivity contribution < 1.29 is 0 Å². The number of H-pyrrole nitrogens is 1. The summed E-state index contributed by atoms with van der Waals surface area (Å²) in [5, 5.41) is 9.58. The van der Waals surface area contributed by atoms with Gasteiger partial charge in [-0.25, -0.2) is 4.98 Å². The molecule has 0 saturated carbocycles. The van der Waals surface area contributed by atoms with Gasteiger partial charge in [0.05, 0.1) is 6.54 Å². The Bertz CT molecular complexity index is 520. The predicted octanol–water partition coefficient (Wildman–Crippen LogP) is 3.22. The molecule has 0 radical (unpaired) electrons. The molecule has 1 N–H and O–H groups in total. The first kappa shape index (κ1) is 13.8. The second-order valence-electron chi connectivity index (χ2n) is 5.48. The number of aromatic amines is 1. The number of rotatable bonds is 5. The Balaban J connectivity index is 1.61. The van der Waals surface area contributed by atoms with E-state index in [1.165, 1.54) is 37.1 Å². The lowest BCUT2D eigenvalue weighted by atomic mass is 10.0. The summed E-state index contributed by atoms with van der Waals surface area (Å²) in [7, 11) is 0. The Hall–Kier alpha value is -1.20. The van der Waals surface area contributed by atoms with Gasteiger partial charge in [-0.05, 0) is 37.3 Å². The zero-order chi connectivity index (χ0) is 13.8. The van der Waals surface area contributed by atoms with Crippen molar-refractivity contribution in [2.45, 2.75) is 51.6 Å². The maximum absolute atomic E-state index is 4.65. The molecular weight excluding hydrogens is 268 g/mol. The van der Waals surface area contributed by atoms with E-state index >= 15 is 0 Å². The summed E-state index contributed by atoms with van der Waals surface area (Å²) in [6.45, 7) is 4.36. The molecule has 3 heterocycles. The van der Waals surface area contributed by atoms with Crippen LogP contribution in [0.4, 0.5) is 0 Å². The van der Waals surface area contributed by atoms with Crippen molar-refractivity contribution >= 4 is 11.3 Å². The summed E-state index contributed by atoms with van der Waals surface area (Å²) in [6, 6.07) is 4.93. The fraction of sp³-hybridized carbons (Fsp3) is 0.600. The molecular formula is C15H22N4S. The van der Waals surface area contributed by atoms with Crippen molar-refractivity contribution in [3.63, 3.8) is 0 Å². The average molecular weight is 290 g/mol. The zero-order valence-electron chi connectivity index (χ0n) is 12.0. The fourth-order valence-electron chi connectivity index (χ4n) is 2.97. The molecule has 1 unspecified atom stereocenters. The van der Waals surface area contributed by atoms with E-state index in [2.05, 4.69) is 44.5 Å². The number of piperidine rings is 1. The molecule has 0 spiro atoms. The van der Waals surface area contributed by atoms with Gasteiger partial charge in [-0.1, -0.05) is 19.4 Å². The normalized spacial score (nSPS) is 20.4. The molecule has 1 fully saturated rings. The van der Waals surface area contributed by atoms with E-state index in [0.29, 0.717) is 6.04 Å². The first-order chi connectivity index (χ1) is 9.85. The van der Waals surface area contributed by atoms with Crippen LogP contribution in [0.1, 0.15) is 49.1 Å². The number of aromatic nitrogens is 3. The van der Waals surface area contributed by atoms with Gasteiger partial charge in [0.15, 0.2) is 5.82 Å². The molecule has 1 atom stereocenters. The van der Waals surface area contributed by atoms with Crippen LogP contribution in [-0.2, 0) is 13.0 Å². The summed E-state index contributed by atoms with van der Waals surface area (Å²) in [4.78, 5) is 8.52. The van der Waals surface area contributed by atoms with E-state index in [4.69, 9.17) is 0 Å². The van der Waals surface area contributed by atoms with Gasteiger partial charge in [0.2, 0.25) is 0 Å². The predicted molar refractivity (Wildman–Crippen MR) is 81.8 cm³/mol. The van der Waals surface area contributed by atoms with Crippen LogP contribution in [-0.4, -0.2) is 32.7 Å². The lowest BCUT2D eigenvalue weighted by Gasteiger charge is -2.34. The van der Waals surface area contributed by atoms with Gasteiger partial charge in [0.1, 0.15) is 5.82 Å². The molecule has 1 saturated heterocycles. The van der Waals surface area contributed by atoms with Gasteiger partial charge in [0.25, 0.3) is 0 Å². The highest BCUT2D eigenvalue weighted by atomic mass is 32.1. The minimum absolute atomic E-state index is 0.711. The van der Waals surface area contributed by atoms with Crippen molar-refractivity contribution in [1.82, 2.24) is 20.1 Å². The molecule has 1 aliphatic heterocycles. The van der Waals surface area contributed by atoms with Crippen molar-refractivity contribution in [3.8, 4) is 0 Å².